The van der Waals surface area contributed by atoms with E-state index in [1.54, 1.807) is 0 Å². The maximum Gasteiger partial charge on any atom is 0.370 e. The van der Waals surface area contributed by atoms with Gasteiger partial charge in [-0.15, -0.1) is 0 Å². The van der Waals surface area contributed by atoms with Crippen LogP contribution in [0.1, 0.15) is 5.69 Å². The Bertz CT molecular complexity index is 593. The molecular weight excluding hydrogens is 238 g/mol. The van der Waals surface area contributed by atoms with Gasteiger partial charge in [-0.05, 0) is 36.3 Å². The maximum atomic E-state index is 4.29. The van der Waals surface area contributed by atoms with Gasteiger partial charge in [0.05, 0.1) is 16.9 Å². The Hall–Kier alpha value is -2.17. The quantitative estimate of drug-likeness (QED) is 0.616. The Labute approximate surface area is 113 Å². The number of aryl methyl sites for hydroxylation is 1. The minimum absolute atomic E-state index is 0.844. The van der Waals surface area contributed by atoms with Gasteiger partial charge in [0.2, 0.25) is 0 Å². The first-order valence-electron chi connectivity index (χ1n) is 6.21. The van der Waals surface area contributed by atoms with E-state index in [1.165, 1.54) is 0 Å². The van der Waals surface area contributed by atoms with Crippen molar-refractivity contribution in [2.24, 2.45) is 24.3 Å². The normalized spacial score (nSPS) is 11.2. The molecule has 100 valence electrons. The van der Waals surface area contributed by atoms with Gasteiger partial charge in [-0.1, -0.05) is 0 Å². The third-order valence-corrected chi connectivity index (χ3v) is 3.26. The molecule has 0 amide bonds. The van der Waals surface area contributed by atoms with Crippen LogP contribution in [0.25, 0.3) is 0 Å². The van der Waals surface area contributed by atoms with Crippen molar-refractivity contribution in [1.29, 1.82) is 0 Å². The minimum atomic E-state index is 0.844. The lowest BCUT2D eigenvalue weighted by Gasteiger charge is -2.11. The van der Waals surface area contributed by atoms with Crippen LogP contribution in [0.2, 0.25) is 0 Å². The van der Waals surface area contributed by atoms with E-state index < -0.39 is 0 Å². The molecule has 0 saturated carbocycles. The molecule has 5 nitrogen and oxygen atoms in total. The van der Waals surface area contributed by atoms with Crippen molar-refractivity contribution in [2.45, 2.75) is 6.92 Å². The van der Waals surface area contributed by atoms with E-state index in [1.807, 2.05) is 74.8 Å². The lowest BCUT2D eigenvalue weighted by molar-refractivity contribution is -0.740. The fraction of sp³-hybridized carbons (Fsp3) is 0.357. The van der Waals surface area contributed by atoms with Crippen LogP contribution in [0.15, 0.2) is 40.6 Å². The summed E-state index contributed by atoms with van der Waals surface area (Å²) in [5.41, 5.74) is 3.16. The molecule has 0 N–H and O–H groups in total. The second kappa shape index (κ2) is 5.22. The number of nitrogens with zero attached hydrogens (tertiary/aromatic N) is 5. The highest BCUT2D eigenvalue weighted by atomic mass is 15.4. The van der Waals surface area contributed by atoms with Gasteiger partial charge in [0.25, 0.3) is 0 Å². The van der Waals surface area contributed by atoms with E-state index >= 15 is 0 Å². The lowest BCUT2D eigenvalue weighted by atomic mass is 10.3. The van der Waals surface area contributed by atoms with Gasteiger partial charge < -0.3 is 4.90 Å². The Kier molecular flexibility index (Phi) is 3.64. The molecule has 0 fully saturated rings. The number of anilines is 1. The minimum Gasteiger partial charge on any atom is -0.378 e. The highest BCUT2D eigenvalue weighted by molar-refractivity contribution is 5.51. The zero-order valence-corrected chi connectivity index (χ0v) is 12.1. The van der Waals surface area contributed by atoms with Crippen LogP contribution in [0.4, 0.5) is 17.2 Å². The predicted molar refractivity (Wildman–Crippen MR) is 76.3 cm³/mol. The van der Waals surface area contributed by atoms with Gasteiger partial charge in [0.15, 0.2) is 0 Å². The number of azo groups is 1. The van der Waals surface area contributed by atoms with Gasteiger partial charge in [-0.25, -0.2) is 4.68 Å². The monoisotopic (exact) mass is 258 g/mol. The molecule has 0 aliphatic heterocycles. The smallest absolute Gasteiger partial charge is 0.370 e. The molecule has 0 bridgehead atoms. The summed E-state index contributed by atoms with van der Waals surface area (Å²) in [7, 11) is 8.00. The summed E-state index contributed by atoms with van der Waals surface area (Å²) < 4.78 is 4.00. The molecule has 0 saturated heterocycles. The highest BCUT2D eigenvalue weighted by Gasteiger charge is 2.13. The number of aromatic nitrogens is 2. The van der Waals surface area contributed by atoms with Crippen molar-refractivity contribution >= 4 is 17.2 Å². The number of hydrogen-bond donors (Lipinski definition) is 0. The summed E-state index contributed by atoms with van der Waals surface area (Å²) in [6, 6.07) is 10.0. The molecule has 1 heterocycles. The van der Waals surface area contributed by atoms with Crippen LogP contribution in [0.3, 0.4) is 0 Å². The summed E-state index contributed by atoms with van der Waals surface area (Å²) in [5, 5.41) is 8.55. The molecule has 5 heteroatoms. The Balaban J connectivity index is 2.20. The third kappa shape index (κ3) is 2.81. The van der Waals surface area contributed by atoms with Gasteiger partial charge >= 0.3 is 5.82 Å². The standard InChI is InChI=1S/C14H20N5/c1-11-10-14(19(5)18(11)4)16-15-12-6-8-13(9-7-12)17(2)3/h6-10H,1-5H3/q+1. The van der Waals surface area contributed by atoms with Crippen molar-refractivity contribution in [3.8, 4) is 0 Å². The van der Waals surface area contributed by atoms with Crippen LogP contribution in [-0.4, -0.2) is 18.8 Å². The Morgan fingerprint density at radius 1 is 1.11 bits per heavy atom. The van der Waals surface area contributed by atoms with E-state index in [-0.39, 0.29) is 0 Å². The van der Waals surface area contributed by atoms with Crippen molar-refractivity contribution in [2.75, 3.05) is 19.0 Å². The summed E-state index contributed by atoms with van der Waals surface area (Å²) >= 11 is 0. The van der Waals surface area contributed by atoms with E-state index in [0.29, 0.717) is 0 Å². The summed E-state index contributed by atoms with van der Waals surface area (Å²) in [6.07, 6.45) is 0. The molecule has 0 radical (unpaired) electrons. The van der Waals surface area contributed by atoms with Crippen LogP contribution < -0.4 is 9.58 Å². The average molecular weight is 258 g/mol. The van der Waals surface area contributed by atoms with Gasteiger partial charge in [0.1, 0.15) is 12.7 Å². The van der Waals surface area contributed by atoms with Crippen LogP contribution in [-0.2, 0) is 14.1 Å². The van der Waals surface area contributed by atoms with Crippen LogP contribution in [0, 0.1) is 6.92 Å². The van der Waals surface area contributed by atoms with Crippen LogP contribution >= 0.6 is 0 Å². The van der Waals surface area contributed by atoms with Gasteiger partial charge in [-0.3, -0.25) is 0 Å². The lowest BCUT2D eigenvalue weighted by Crippen LogP contribution is -2.37. The first-order chi connectivity index (χ1) is 8.99. The van der Waals surface area contributed by atoms with E-state index in [2.05, 4.69) is 15.1 Å². The average Bonchev–Trinajstić information content (AvgIpc) is 2.64. The Morgan fingerprint density at radius 2 is 1.74 bits per heavy atom. The molecule has 2 rings (SSSR count). The van der Waals surface area contributed by atoms with Crippen molar-refractivity contribution in [1.82, 2.24) is 4.68 Å². The fourth-order valence-electron chi connectivity index (χ4n) is 1.78. The molecule has 0 aliphatic carbocycles. The second-order valence-electron chi connectivity index (χ2n) is 4.80. The molecular formula is C14H20N5+. The second-order valence-corrected chi connectivity index (χ2v) is 4.80. The van der Waals surface area contributed by atoms with Gasteiger partial charge in [-0.2, -0.15) is 4.68 Å². The number of benzene rings is 1. The summed E-state index contributed by atoms with van der Waals surface area (Å²) in [6.45, 7) is 2.05. The molecule has 0 atom stereocenters. The first kappa shape index (κ1) is 13.3. The molecule has 0 unspecified atom stereocenters. The topological polar surface area (TPSA) is 36.8 Å². The van der Waals surface area contributed by atoms with Gasteiger partial charge in [0, 0.05) is 26.8 Å². The molecule has 19 heavy (non-hydrogen) atoms. The zero-order chi connectivity index (χ0) is 14.0. The zero-order valence-electron chi connectivity index (χ0n) is 12.1. The Morgan fingerprint density at radius 3 is 2.21 bits per heavy atom. The fourth-order valence-corrected chi connectivity index (χ4v) is 1.78. The molecule has 1 aromatic carbocycles. The third-order valence-electron chi connectivity index (χ3n) is 3.26. The predicted octanol–water partition coefficient (Wildman–Crippen LogP) is 2.64. The van der Waals surface area contributed by atoms with E-state index in [9.17, 15) is 0 Å². The summed E-state index contributed by atoms with van der Waals surface area (Å²) in [5.74, 6) is 0.844. The molecule has 0 aliphatic rings. The largest absolute Gasteiger partial charge is 0.378 e. The highest BCUT2D eigenvalue weighted by Crippen LogP contribution is 2.20. The molecule has 1 aromatic heterocycles. The first-order valence-corrected chi connectivity index (χ1v) is 6.21. The van der Waals surface area contributed by atoms with Crippen molar-refractivity contribution < 1.29 is 4.68 Å². The number of hydrogen-bond acceptors (Lipinski definition) is 3. The van der Waals surface area contributed by atoms with Crippen LogP contribution in [0.5, 0.6) is 0 Å². The summed E-state index contributed by atoms with van der Waals surface area (Å²) in [4.78, 5) is 2.06. The van der Waals surface area contributed by atoms with E-state index in [4.69, 9.17) is 0 Å². The SMILES string of the molecule is Cc1cc(N=Nc2ccc(N(C)C)cc2)[n+](C)n1C. The van der Waals surface area contributed by atoms with E-state index in [0.717, 1.165) is 22.9 Å². The maximum absolute atomic E-state index is 4.29. The molecule has 0 spiro atoms. The molecule has 2 aromatic rings. The number of rotatable bonds is 3. The van der Waals surface area contributed by atoms with Crippen molar-refractivity contribution in [3.05, 3.63) is 36.0 Å². The van der Waals surface area contributed by atoms with Crippen molar-refractivity contribution in [3.63, 3.8) is 0 Å².